The summed E-state index contributed by atoms with van der Waals surface area (Å²) in [7, 11) is -2.00. The molecule has 2 aromatic heterocycles. The lowest BCUT2D eigenvalue weighted by atomic mass is 9.95. The van der Waals surface area contributed by atoms with Crippen molar-refractivity contribution in [1.29, 1.82) is 0 Å². The second-order valence-electron chi connectivity index (χ2n) is 6.96. The number of primary sulfonamides is 1. The summed E-state index contributed by atoms with van der Waals surface area (Å²) in [5, 5.41) is 19.7. The number of amides is 1. The monoisotopic (exact) mass is 428 g/mol. The summed E-state index contributed by atoms with van der Waals surface area (Å²) in [6, 6.07) is 5.11. The van der Waals surface area contributed by atoms with Gasteiger partial charge in [0.2, 0.25) is 16.0 Å². The van der Waals surface area contributed by atoms with E-state index in [1.165, 1.54) is 30.6 Å². The van der Waals surface area contributed by atoms with E-state index in [-0.39, 0.29) is 10.8 Å². The van der Waals surface area contributed by atoms with Gasteiger partial charge in [0.1, 0.15) is 12.4 Å². The molecule has 156 valence electrons. The van der Waals surface area contributed by atoms with Gasteiger partial charge in [-0.05, 0) is 38.1 Å². The number of benzene rings is 1. The molecule has 1 amide bonds. The molecule has 0 spiro atoms. The fourth-order valence-corrected chi connectivity index (χ4v) is 4.00. The van der Waals surface area contributed by atoms with E-state index < -0.39 is 16.1 Å². The zero-order valence-electron chi connectivity index (χ0n) is 16.5. The predicted octanol–water partition coefficient (Wildman–Crippen LogP) is 0.895. The SMILES string of the molecule is CC1=C(C(=O)Nc2ccc(S(N)(=O)=O)cc2)[C@@H](c2cn(C)nc2C)n2ncnc2N1. The standard InChI is InChI=1S/C18H20N8O3S/c1-10-14(8-25(3)24-10)16-15(11(2)22-18-20-9-21-26(16)18)17(27)23-12-4-6-13(7-5-12)30(19,28)29/h4-9,16H,1-3H3,(H,23,27)(H2,19,28,29)(H,20,21,22)/t16-/m1/s1. The third-order valence-corrected chi connectivity index (χ3v) is 5.75. The van der Waals surface area contributed by atoms with E-state index in [1.54, 1.807) is 16.3 Å². The molecule has 0 unspecified atom stereocenters. The molecule has 3 aromatic rings. The fourth-order valence-electron chi connectivity index (χ4n) is 3.49. The van der Waals surface area contributed by atoms with Gasteiger partial charge in [0.05, 0.1) is 16.2 Å². The number of allylic oxidation sites excluding steroid dienone is 1. The minimum Gasteiger partial charge on any atom is -0.328 e. The van der Waals surface area contributed by atoms with Crippen LogP contribution in [0.3, 0.4) is 0 Å². The van der Waals surface area contributed by atoms with Crippen molar-refractivity contribution in [3.8, 4) is 0 Å². The van der Waals surface area contributed by atoms with Crippen molar-refractivity contribution in [2.75, 3.05) is 10.6 Å². The van der Waals surface area contributed by atoms with E-state index in [1.807, 2.05) is 20.2 Å². The first-order valence-corrected chi connectivity index (χ1v) is 10.5. The molecule has 11 nitrogen and oxygen atoms in total. The van der Waals surface area contributed by atoms with Crippen LogP contribution < -0.4 is 15.8 Å². The van der Waals surface area contributed by atoms with Crippen LogP contribution in [-0.2, 0) is 21.9 Å². The number of anilines is 2. The molecule has 4 N–H and O–H groups in total. The summed E-state index contributed by atoms with van der Waals surface area (Å²) in [5.74, 6) is 0.160. The average molecular weight is 428 g/mol. The number of aromatic nitrogens is 5. The van der Waals surface area contributed by atoms with E-state index >= 15 is 0 Å². The molecule has 0 radical (unpaired) electrons. The van der Waals surface area contributed by atoms with Crippen molar-refractivity contribution < 1.29 is 13.2 Å². The first-order chi connectivity index (χ1) is 14.1. The molecule has 0 saturated carbocycles. The van der Waals surface area contributed by atoms with Crippen LogP contribution in [0.25, 0.3) is 0 Å². The first kappa shape index (κ1) is 19.8. The average Bonchev–Trinajstić information content (AvgIpc) is 3.25. The fraction of sp³-hybridized carbons (Fsp3) is 0.222. The van der Waals surface area contributed by atoms with E-state index in [2.05, 4.69) is 25.8 Å². The summed E-state index contributed by atoms with van der Waals surface area (Å²) in [6.45, 7) is 3.65. The molecule has 4 rings (SSSR count). The van der Waals surface area contributed by atoms with Gasteiger partial charge in [-0.1, -0.05) is 0 Å². The Hall–Kier alpha value is -3.51. The summed E-state index contributed by atoms with van der Waals surface area (Å²) in [6.07, 6.45) is 3.26. The molecule has 0 aliphatic carbocycles. The van der Waals surface area contributed by atoms with Crippen LogP contribution >= 0.6 is 0 Å². The second kappa shape index (κ2) is 7.07. The Labute approximate surface area is 172 Å². The van der Waals surface area contributed by atoms with E-state index in [0.717, 1.165) is 11.3 Å². The number of hydrogen-bond donors (Lipinski definition) is 3. The van der Waals surface area contributed by atoms with Crippen LogP contribution in [0, 0.1) is 6.92 Å². The van der Waals surface area contributed by atoms with Gasteiger partial charge in [0.25, 0.3) is 5.91 Å². The van der Waals surface area contributed by atoms with Crippen LogP contribution in [0.1, 0.15) is 24.2 Å². The molecular weight excluding hydrogens is 408 g/mol. The van der Waals surface area contributed by atoms with E-state index in [4.69, 9.17) is 5.14 Å². The molecule has 1 aliphatic heterocycles. The minimum absolute atomic E-state index is 0.0358. The number of hydrogen-bond acceptors (Lipinski definition) is 7. The Kier molecular flexibility index (Phi) is 4.67. The van der Waals surface area contributed by atoms with Crippen molar-refractivity contribution in [3.05, 3.63) is 59.3 Å². The number of rotatable bonds is 4. The number of nitrogens with zero attached hydrogens (tertiary/aromatic N) is 5. The zero-order chi connectivity index (χ0) is 21.6. The number of aryl methyl sites for hydroxylation is 2. The Balaban J connectivity index is 1.72. The first-order valence-electron chi connectivity index (χ1n) is 8.97. The van der Waals surface area contributed by atoms with Gasteiger partial charge >= 0.3 is 0 Å². The Morgan fingerprint density at radius 3 is 2.53 bits per heavy atom. The van der Waals surface area contributed by atoms with Gasteiger partial charge in [-0.3, -0.25) is 9.48 Å². The molecule has 1 atom stereocenters. The highest BCUT2D eigenvalue weighted by Crippen LogP contribution is 2.36. The quantitative estimate of drug-likeness (QED) is 0.558. The maximum atomic E-state index is 13.3. The molecule has 30 heavy (non-hydrogen) atoms. The third kappa shape index (κ3) is 3.46. The number of fused-ring (bicyclic) bond motifs is 1. The zero-order valence-corrected chi connectivity index (χ0v) is 17.3. The largest absolute Gasteiger partial charge is 0.328 e. The number of nitrogens with two attached hydrogens (primary N) is 1. The maximum Gasteiger partial charge on any atom is 0.255 e. The highest BCUT2D eigenvalue weighted by molar-refractivity contribution is 7.89. The predicted molar refractivity (Wildman–Crippen MR) is 109 cm³/mol. The lowest BCUT2D eigenvalue weighted by Gasteiger charge is -2.28. The second-order valence-corrected chi connectivity index (χ2v) is 8.52. The number of sulfonamides is 1. The smallest absolute Gasteiger partial charge is 0.255 e. The van der Waals surface area contributed by atoms with E-state index in [0.29, 0.717) is 22.9 Å². The van der Waals surface area contributed by atoms with Crippen molar-refractivity contribution in [1.82, 2.24) is 24.5 Å². The highest BCUT2D eigenvalue weighted by Gasteiger charge is 2.35. The number of carbonyl (C=O) groups is 1. The van der Waals surface area contributed by atoms with Gasteiger partial charge in [0.15, 0.2) is 0 Å². The summed E-state index contributed by atoms with van der Waals surface area (Å²) < 4.78 is 26.2. The van der Waals surface area contributed by atoms with Crippen LogP contribution in [0.5, 0.6) is 0 Å². The van der Waals surface area contributed by atoms with Crippen molar-refractivity contribution in [2.24, 2.45) is 12.2 Å². The number of carbonyl (C=O) groups excluding carboxylic acids is 1. The molecule has 0 bridgehead atoms. The Morgan fingerprint density at radius 1 is 1.23 bits per heavy atom. The molecule has 0 fully saturated rings. The molecule has 3 heterocycles. The van der Waals surface area contributed by atoms with E-state index in [9.17, 15) is 13.2 Å². The van der Waals surface area contributed by atoms with Crippen molar-refractivity contribution in [2.45, 2.75) is 24.8 Å². The van der Waals surface area contributed by atoms with Crippen LogP contribution in [0.2, 0.25) is 0 Å². The Morgan fingerprint density at radius 2 is 1.93 bits per heavy atom. The Bertz CT molecular complexity index is 1270. The normalized spacial score (nSPS) is 16.2. The molecular formula is C18H20N8O3S. The highest BCUT2D eigenvalue weighted by atomic mass is 32.2. The number of nitrogens with one attached hydrogen (secondary N) is 2. The summed E-state index contributed by atoms with van der Waals surface area (Å²) >= 11 is 0. The van der Waals surface area contributed by atoms with Crippen LogP contribution in [0.15, 0.2) is 53.0 Å². The topological polar surface area (TPSA) is 150 Å². The maximum absolute atomic E-state index is 13.3. The van der Waals surface area contributed by atoms with Gasteiger partial charge in [-0.2, -0.15) is 15.2 Å². The third-order valence-electron chi connectivity index (χ3n) is 4.83. The van der Waals surface area contributed by atoms with Crippen LogP contribution in [-0.4, -0.2) is 38.9 Å². The van der Waals surface area contributed by atoms with Gasteiger partial charge < -0.3 is 10.6 Å². The van der Waals surface area contributed by atoms with Gasteiger partial charge in [-0.15, -0.1) is 0 Å². The van der Waals surface area contributed by atoms with Gasteiger partial charge in [-0.25, -0.2) is 18.2 Å². The lowest BCUT2D eigenvalue weighted by Crippen LogP contribution is -2.31. The summed E-state index contributed by atoms with van der Waals surface area (Å²) in [5.41, 5.74) is 3.09. The van der Waals surface area contributed by atoms with Crippen LogP contribution in [0.4, 0.5) is 11.6 Å². The molecule has 12 heteroatoms. The van der Waals surface area contributed by atoms with Crippen molar-refractivity contribution in [3.63, 3.8) is 0 Å². The molecule has 0 saturated heterocycles. The minimum atomic E-state index is -3.81. The lowest BCUT2D eigenvalue weighted by molar-refractivity contribution is -0.113. The van der Waals surface area contributed by atoms with Crippen molar-refractivity contribution >= 4 is 27.6 Å². The molecule has 1 aliphatic rings. The summed E-state index contributed by atoms with van der Waals surface area (Å²) in [4.78, 5) is 17.4. The van der Waals surface area contributed by atoms with Gasteiger partial charge in [0, 0.05) is 30.2 Å². The molecule has 1 aromatic carbocycles.